The molecule has 0 heterocycles. The average molecular weight is 223 g/mol. The molecule has 0 bridgehead atoms. The van der Waals surface area contributed by atoms with E-state index in [1.54, 1.807) is 0 Å². The highest BCUT2D eigenvalue weighted by atomic mass is 14.7. The third kappa shape index (κ3) is 2.61. The van der Waals surface area contributed by atoms with Gasteiger partial charge in [0.1, 0.15) is 0 Å². The van der Waals surface area contributed by atoms with E-state index in [9.17, 15) is 0 Å². The van der Waals surface area contributed by atoms with Crippen LogP contribution in [0.25, 0.3) is 0 Å². The summed E-state index contributed by atoms with van der Waals surface area (Å²) in [7, 11) is 0. The molecule has 1 nitrogen and oxygen atoms in total. The lowest BCUT2D eigenvalue weighted by Crippen LogP contribution is -2.41. The van der Waals surface area contributed by atoms with Crippen molar-refractivity contribution in [1.82, 2.24) is 0 Å². The monoisotopic (exact) mass is 223 g/mol. The molecule has 2 rings (SSSR count). The Morgan fingerprint density at radius 1 is 1.12 bits per heavy atom. The zero-order chi connectivity index (χ0) is 11.5. The molecule has 2 aliphatic rings. The smallest absolute Gasteiger partial charge is 0.00983 e. The summed E-state index contributed by atoms with van der Waals surface area (Å²) in [4.78, 5) is 0. The minimum absolute atomic E-state index is 0.509. The maximum Gasteiger partial charge on any atom is 0.00983 e. The SMILES string of the molecule is CCC1CCCCC1C(N)C1CCC(C)C1. The second kappa shape index (κ2) is 5.53. The predicted molar refractivity (Wildman–Crippen MR) is 70.2 cm³/mol. The lowest BCUT2D eigenvalue weighted by Gasteiger charge is -2.37. The van der Waals surface area contributed by atoms with Crippen LogP contribution < -0.4 is 5.73 Å². The molecular formula is C15H29N. The second-order valence-electron chi connectivity index (χ2n) is 6.37. The molecule has 0 spiro atoms. The Hall–Kier alpha value is -0.0400. The molecule has 5 unspecified atom stereocenters. The van der Waals surface area contributed by atoms with Crippen molar-refractivity contribution in [3.05, 3.63) is 0 Å². The van der Waals surface area contributed by atoms with Crippen LogP contribution in [0, 0.1) is 23.7 Å². The molecule has 2 aliphatic carbocycles. The lowest BCUT2D eigenvalue weighted by molar-refractivity contribution is 0.161. The lowest BCUT2D eigenvalue weighted by atomic mass is 9.71. The van der Waals surface area contributed by atoms with Crippen molar-refractivity contribution < 1.29 is 0 Å². The van der Waals surface area contributed by atoms with Crippen LogP contribution in [0.2, 0.25) is 0 Å². The quantitative estimate of drug-likeness (QED) is 0.770. The van der Waals surface area contributed by atoms with Crippen molar-refractivity contribution >= 4 is 0 Å². The summed E-state index contributed by atoms with van der Waals surface area (Å²) in [6.45, 7) is 4.75. The van der Waals surface area contributed by atoms with Crippen LogP contribution in [-0.4, -0.2) is 6.04 Å². The molecule has 16 heavy (non-hydrogen) atoms. The predicted octanol–water partition coefficient (Wildman–Crippen LogP) is 3.97. The first-order valence-electron chi connectivity index (χ1n) is 7.48. The van der Waals surface area contributed by atoms with Crippen LogP contribution in [-0.2, 0) is 0 Å². The molecule has 2 fully saturated rings. The van der Waals surface area contributed by atoms with Gasteiger partial charge in [-0.2, -0.15) is 0 Å². The maximum absolute atomic E-state index is 6.58. The van der Waals surface area contributed by atoms with Gasteiger partial charge >= 0.3 is 0 Å². The maximum atomic E-state index is 6.58. The Bertz CT molecular complexity index is 213. The van der Waals surface area contributed by atoms with Crippen molar-refractivity contribution in [1.29, 1.82) is 0 Å². The summed E-state index contributed by atoms with van der Waals surface area (Å²) in [5.74, 6) is 3.54. The minimum Gasteiger partial charge on any atom is -0.327 e. The van der Waals surface area contributed by atoms with E-state index >= 15 is 0 Å². The molecule has 5 atom stereocenters. The molecule has 0 radical (unpaired) electrons. The zero-order valence-corrected chi connectivity index (χ0v) is 11.1. The van der Waals surface area contributed by atoms with Crippen LogP contribution in [0.5, 0.6) is 0 Å². The fraction of sp³-hybridized carbons (Fsp3) is 1.00. The van der Waals surface area contributed by atoms with Gasteiger partial charge in [-0.05, 0) is 42.9 Å². The van der Waals surface area contributed by atoms with Gasteiger partial charge in [0.15, 0.2) is 0 Å². The molecule has 94 valence electrons. The number of hydrogen-bond acceptors (Lipinski definition) is 1. The van der Waals surface area contributed by atoms with Gasteiger partial charge in [-0.15, -0.1) is 0 Å². The third-order valence-corrected chi connectivity index (χ3v) is 5.27. The van der Waals surface area contributed by atoms with Gasteiger partial charge in [-0.25, -0.2) is 0 Å². The summed E-state index contributed by atoms with van der Waals surface area (Å²) in [6.07, 6.45) is 11.3. The normalized spacial score (nSPS) is 42.2. The zero-order valence-electron chi connectivity index (χ0n) is 11.1. The van der Waals surface area contributed by atoms with Gasteiger partial charge in [0, 0.05) is 6.04 Å². The summed E-state index contributed by atoms with van der Waals surface area (Å²) >= 11 is 0. The van der Waals surface area contributed by atoms with Crippen LogP contribution in [0.3, 0.4) is 0 Å². The molecule has 2 saturated carbocycles. The highest BCUT2D eigenvalue weighted by Gasteiger charge is 2.35. The Labute approximate surface area is 101 Å². The molecule has 0 aliphatic heterocycles. The topological polar surface area (TPSA) is 26.0 Å². The minimum atomic E-state index is 0.509. The van der Waals surface area contributed by atoms with Crippen molar-refractivity contribution in [2.75, 3.05) is 0 Å². The summed E-state index contributed by atoms with van der Waals surface area (Å²) in [5, 5.41) is 0. The van der Waals surface area contributed by atoms with Crippen LogP contribution in [0.4, 0.5) is 0 Å². The molecule has 0 aromatic heterocycles. The molecule has 0 aromatic rings. The molecule has 0 amide bonds. The van der Waals surface area contributed by atoms with Crippen LogP contribution in [0.1, 0.15) is 65.2 Å². The fourth-order valence-corrected chi connectivity index (χ4v) is 4.20. The molecule has 2 N–H and O–H groups in total. The van der Waals surface area contributed by atoms with Gasteiger partial charge in [0.25, 0.3) is 0 Å². The number of nitrogens with two attached hydrogens (primary N) is 1. The first-order valence-corrected chi connectivity index (χ1v) is 7.48. The summed E-state index contributed by atoms with van der Waals surface area (Å²) in [6, 6.07) is 0.509. The summed E-state index contributed by atoms with van der Waals surface area (Å²) in [5.41, 5.74) is 6.58. The van der Waals surface area contributed by atoms with E-state index in [1.807, 2.05) is 0 Å². The molecule has 1 heteroatoms. The van der Waals surface area contributed by atoms with E-state index in [0.29, 0.717) is 6.04 Å². The number of hydrogen-bond donors (Lipinski definition) is 1. The Morgan fingerprint density at radius 3 is 2.50 bits per heavy atom. The molecule has 0 aromatic carbocycles. The van der Waals surface area contributed by atoms with Crippen molar-refractivity contribution in [2.45, 2.75) is 71.3 Å². The highest BCUT2D eigenvalue weighted by molar-refractivity contribution is 4.89. The van der Waals surface area contributed by atoms with Crippen LogP contribution >= 0.6 is 0 Å². The average Bonchev–Trinajstić information content (AvgIpc) is 2.75. The van der Waals surface area contributed by atoms with E-state index in [2.05, 4.69) is 13.8 Å². The Balaban J connectivity index is 1.93. The van der Waals surface area contributed by atoms with E-state index < -0.39 is 0 Å². The van der Waals surface area contributed by atoms with Crippen molar-refractivity contribution in [3.8, 4) is 0 Å². The van der Waals surface area contributed by atoms with Gasteiger partial charge in [-0.1, -0.05) is 46.0 Å². The highest BCUT2D eigenvalue weighted by Crippen LogP contribution is 2.41. The first-order chi connectivity index (χ1) is 7.72. The van der Waals surface area contributed by atoms with Gasteiger partial charge in [-0.3, -0.25) is 0 Å². The number of rotatable bonds is 3. The van der Waals surface area contributed by atoms with Crippen molar-refractivity contribution in [2.24, 2.45) is 29.4 Å². The van der Waals surface area contributed by atoms with E-state index in [-0.39, 0.29) is 0 Å². The Kier molecular flexibility index (Phi) is 4.29. The first kappa shape index (κ1) is 12.4. The van der Waals surface area contributed by atoms with E-state index in [4.69, 9.17) is 5.73 Å². The van der Waals surface area contributed by atoms with Gasteiger partial charge in [0.05, 0.1) is 0 Å². The largest absolute Gasteiger partial charge is 0.327 e. The third-order valence-electron chi connectivity index (χ3n) is 5.27. The van der Waals surface area contributed by atoms with Gasteiger partial charge in [0.2, 0.25) is 0 Å². The standard InChI is InChI=1S/C15H29N/c1-3-12-6-4-5-7-14(12)15(16)13-9-8-11(2)10-13/h11-15H,3-10,16H2,1-2H3. The van der Waals surface area contributed by atoms with E-state index in [0.717, 1.165) is 23.7 Å². The van der Waals surface area contributed by atoms with Crippen LogP contribution in [0.15, 0.2) is 0 Å². The molecule has 0 saturated heterocycles. The fourth-order valence-electron chi connectivity index (χ4n) is 4.20. The van der Waals surface area contributed by atoms with E-state index in [1.165, 1.54) is 51.4 Å². The molecular weight excluding hydrogens is 194 g/mol. The van der Waals surface area contributed by atoms with Gasteiger partial charge < -0.3 is 5.73 Å². The van der Waals surface area contributed by atoms with Crippen molar-refractivity contribution in [3.63, 3.8) is 0 Å². The Morgan fingerprint density at radius 2 is 1.88 bits per heavy atom. The second-order valence-corrected chi connectivity index (χ2v) is 6.37. The summed E-state index contributed by atoms with van der Waals surface area (Å²) < 4.78 is 0.